The number of nitrogens with zero attached hydrogens (tertiary/aromatic N) is 3. The molecular formula is C20H15N5OS. The molecular weight excluding hydrogens is 358 g/mol. The van der Waals surface area contributed by atoms with Crippen LogP contribution in [0.25, 0.3) is 23.0 Å². The van der Waals surface area contributed by atoms with Gasteiger partial charge in [-0.15, -0.1) is 0 Å². The van der Waals surface area contributed by atoms with Crippen LogP contribution in [-0.2, 0) is 4.79 Å². The van der Waals surface area contributed by atoms with Crippen LogP contribution in [-0.4, -0.2) is 20.8 Å². The fourth-order valence-corrected chi connectivity index (χ4v) is 2.60. The van der Waals surface area contributed by atoms with Gasteiger partial charge in [-0.3, -0.25) is 10.1 Å². The molecule has 1 heterocycles. The summed E-state index contributed by atoms with van der Waals surface area (Å²) in [6.07, 6.45) is 3.24. The van der Waals surface area contributed by atoms with E-state index in [0.717, 1.165) is 11.3 Å². The molecule has 3 aromatic rings. The number of amides is 1. The van der Waals surface area contributed by atoms with E-state index in [1.807, 2.05) is 66.7 Å². The summed E-state index contributed by atoms with van der Waals surface area (Å²) in [6, 6.07) is 21.0. The fourth-order valence-electron chi connectivity index (χ4n) is 2.51. The van der Waals surface area contributed by atoms with Crippen molar-refractivity contribution in [3.8, 4) is 23.0 Å². The van der Waals surface area contributed by atoms with Gasteiger partial charge < -0.3 is 5.73 Å². The highest BCUT2D eigenvalue weighted by Gasteiger charge is 2.15. The highest BCUT2D eigenvalue weighted by atomic mass is 32.1. The molecule has 132 valence electrons. The molecule has 0 bridgehead atoms. The Kier molecular flexibility index (Phi) is 5.40. The number of carbonyl (C=O) groups excluding carboxylic acids is 1. The summed E-state index contributed by atoms with van der Waals surface area (Å²) >= 11 is 4.67. The summed E-state index contributed by atoms with van der Waals surface area (Å²) in [5, 5.41) is 16.1. The first kappa shape index (κ1) is 18.0. The standard InChI is InChI=1S/C20H15N5OS/c21-12-15(19(26)23-20(22)27)11-16-13-25(17-9-5-2-6-10-17)24-18(16)14-7-3-1-4-8-14/h1-11,13H,(H3,22,23,26,27). The number of benzene rings is 2. The SMILES string of the molecule is N#CC(=Cc1cn(-c2ccccc2)nc1-c1ccccc1)C(=O)NC(N)=S. The van der Waals surface area contributed by atoms with Crippen molar-refractivity contribution in [2.24, 2.45) is 5.73 Å². The third-order valence-corrected chi connectivity index (χ3v) is 3.81. The Morgan fingerprint density at radius 2 is 1.78 bits per heavy atom. The van der Waals surface area contributed by atoms with Crippen LogP contribution in [0.15, 0.2) is 72.4 Å². The predicted molar refractivity (Wildman–Crippen MR) is 108 cm³/mol. The van der Waals surface area contributed by atoms with Crippen molar-refractivity contribution in [3.05, 3.63) is 78.0 Å². The van der Waals surface area contributed by atoms with Crippen molar-refractivity contribution in [2.45, 2.75) is 0 Å². The molecule has 2 aromatic carbocycles. The molecule has 0 atom stereocenters. The van der Waals surface area contributed by atoms with Crippen LogP contribution in [0, 0.1) is 11.3 Å². The Hall–Kier alpha value is -3.76. The first-order chi connectivity index (χ1) is 13.1. The number of rotatable bonds is 4. The van der Waals surface area contributed by atoms with Crippen LogP contribution in [0.1, 0.15) is 5.56 Å². The number of aromatic nitrogens is 2. The maximum absolute atomic E-state index is 12.1. The lowest BCUT2D eigenvalue weighted by Crippen LogP contribution is -2.35. The second-order valence-corrected chi connectivity index (χ2v) is 6.01. The number of nitriles is 1. The summed E-state index contributed by atoms with van der Waals surface area (Å²) in [5.41, 5.74) is 8.21. The average Bonchev–Trinajstić information content (AvgIpc) is 3.11. The van der Waals surface area contributed by atoms with Crippen LogP contribution in [0.5, 0.6) is 0 Å². The zero-order valence-corrected chi connectivity index (χ0v) is 15.0. The molecule has 3 rings (SSSR count). The highest BCUT2D eigenvalue weighted by molar-refractivity contribution is 7.80. The van der Waals surface area contributed by atoms with Gasteiger partial charge in [0.1, 0.15) is 11.6 Å². The van der Waals surface area contributed by atoms with Gasteiger partial charge >= 0.3 is 0 Å². The molecule has 0 fully saturated rings. The third-order valence-electron chi connectivity index (χ3n) is 3.71. The van der Waals surface area contributed by atoms with Gasteiger partial charge in [-0.1, -0.05) is 48.5 Å². The lowest BCUT2D eigenvalue weighted by molar-refractivity contribution is -0.115. The summed E-state index contributed by atoms with van der Waals surface area (Å²) < 4.78 is 1.70. The van der Waals surface area contributed by atoms with Crippen LogP contribution < -0.4 is 11.1 Å². The smallest absolute Gasteiger partial charge is 0.268 e. The number of para-hydroxylation sites is 1. The molecule has 0 spiro atoms. The Balaban J connectivity index is 2.12. The molecule has 7 heteroatoms. The molecule has 1 amide bonds. The molecule has 0 saturated carbocycles. The highest BCUT2D eigenvalue weighted by Crippen LogP contribution is 2.25. The minimum absolute atomic E-state index is 0.118. The van der Waals surface area contributed by atoms with Gasteiger partial charge in [0.25, 0.3) is 5.91 Å². The Morgan fingerprint density at radius 3 is 2.37 bits per heavy atom. The second-order valence-electron chi connectivity index (χ2n) is 5.57. The van der Waals surface area contributed by atoms with E-state index in [9.17, 15) is 10.1 Å². The monoisotopic (exact) mass is 373 g/mol. The van der Waals surface area contributed by atoms with Crippen LogP contribution in [0.4, 0.5) is 0 Å². The maximum Gasteiger partial charge on any atom is 0.268 e. The van der Waals surface area contributed by atoms with Gasteiger partial charge in [0.05, 0.1) is 11.4 Å². The number of hydrogen-bond donors (Lipinski definition) is 2. The van der Waals surface area contributed by atoms with Gasteiger partial charge in [0.2, 0.25) is 0 Å². The van der Waals surface area contributed by atoms with Crippen molar-refractivity contribution < 1.29 is 4.79 Å². The van der Waals surface area contributed by atoms with Gasteiger partial charge in [0.15, 0.2) is 5.11 Å². The number of hydrogen-bond acceptors (Lipinski definition) is 4. The van der Waals surface area contributed by atoms with E-state index < -0.39 is 5.91 Å². The molecule has 0 saturated heterocycles. The van der Waals surface area contributed by atoms with E-state index in [2.05, 4.69) is 22.6 Å². The molecule has 0 unspecified atom stereocenters. The van der Waals surface area contributed by atoms with Gasteiger partial charge in [0, 0.05) is 17.3 Å². The number of nitrogens with one attached hydrogen (secondary N) is 1. The van der Waals surface area contributed by atoms with Crippen LogP contribution >= 0.6 is 12.2 Å². The van der Waals surface area contributed by atoms with Crippen molar-refractivity contribution >= 4 is 29.3 Å². The maximum atomic E-state index is 12.1. The van der Waals surface area contributed by atoms with Crippen molar-refractivity contribution in [2.75, 3.05) is 0 Å². The Morgan fingerprint density at radius 1 is 1.15 bits per heavy atom. The Labute approximate surface area is 161 Å². The first-order valence-corrected chi connectivity index (χ1v) is 8.42. The number of thiocarbonyl (C=S) groups is 1. The zero-order valence-electron chi connectivity index (χ0n) is 14.2. The first-order valence-electron chi connectivity index (χ1n) is 8.01. The average molecular weight is 373 g/mol. The zero-order chi connectivity index (χ0) is 19.2. The normalized spacial score (nSPS) is 10.9. The molecule has 0 aliphatic carbocycles. The summed E-state index contributed by atoms with van der Waals surface area (Å²) in [5.74, 6) is -0.656. The molecule has 0 aliphatic rings. The number of nitrogens with two attached hydrogens (primary N) is 1. The van der Waals surface area contributed by atoms with Gasteiger partial charge in [-0.2, -0.15) is 10.4 Å². The number of carbonyl (C=O) groups is 1. The topological polar surface area (TPSA) is 96.7 Å². The minimum atomic E-state index is -0.656. The lowest BCUT2D eigenvalue weighted by Gasteiger charge is -2.01. The molecule has 27 heavy (non-hydrogen) atoms. The van der Waals surface area contributed by atoms with Crippen molar-refractivity contribution in [1.82, 2.24) is 15.1 Å². The summed E-state index contributed by atoms with van der Waals surface area (Å²) in [7, 11) is 0. The van der Waals surface area contributed by atoms with E-state index in [1.54, 1.807) is 10.9 Å². The minimum Gasteiger partial charge on any atom is -0.376 e. The molecule has 0 aliphatic heterocycles. The summed E-state index contributed by atoms with van der Waals surface area (Å²) in [6.45, 7) is 0. The van der Waals surface area contributed by atoms with Crippen LogP contribution in [0.3, 0.4) is 0 Å². The quantitative estimate of drug-likeness (QED) is 0.416. The third kappa shape index (κ3) is 4.26. The molecule has 0 radical (unpaired) electrons. The van der Waals surface area contributed by atoms with E-state index in [1.165, 1.54) is 6.08 Å². The summed E-state index contributed by atoms with van der Waals surface area (Å²) in [4.78, 5) is 12.1. The van der Waals surface area contributed by atoms with Crippen LogP contribution in [0.2, 0.25) is 0 Å². The fraction of sp³-hybridized carbons (Fsp3) is 0. The molecule has 6 nitrogen and oxygen atoms in total. The molecule has 3 N–H and O–H groups in total. The largest absolute Gasteiger partial charge is 0.376 e. The van der Waals surface area contributed by atoms with E-state index >= 15 is 0 Å². The van der Waals surface area contributed by atoms with Gasteiger partial charge in [-0.05, 0) is 30.4 Å². The van der Waals surface area contributed by atoms with Gasteiger partial charge in [-0.25, -0.2) is 4.68 Å². The Bertz CT molecular complexity index is 1050. The van der Waals surface area contributed by atoms with E-state index in [0.29, 0.717) is 11.3 Å². The molecule has 1 aromatic heterocycles. The van der Waals surface area contributed by atoms with E-state index in [-0.39, 0.29) is 10.7 Å². The van der Waals surface area contributed by atoms with Crippen molar-refractivity contribution in [3.63, 3.8) is 0 Å². The predicted octanol–water partition coefficient (Wildman–Crippen LogP) is 2.81. The second kappa shape index (κ2) is 8.08. The lowest BCUT2D eigenvalue weighted by atomic mass is 10.1. The van der Waals surface area contributed by atoms with Crippen molar-refractivity contribution in [1.29, 1.82) is 5.26 Å². The van der Waals surface area contributed by atoms with E-state index in [4.69, 9.17) is 5.73 Å².